The fourth-order valence-electron chi connectivity index (χ4n) is 1.60. The number of hydrogen-bond acceptors (Lipinski definition) is 2. The summed E-state index contributed by atoms with van der Waals surface area (Å²) < 4.78 is 20.5. The van der Waals surface area contributed by atoms with Gasteiger partial charge in [-0.25, -0.2) is 0 Å². The first kappa shape index (κ1) is 8.84. The Bertz CT molecular complexity index is 142. The predicted octanol–water partition coefficient (Wildman–Crippen LogP) is -2.58. The van der Waals surface area contributed by atoms with Gasteiger partial charge >= 0.3 is 51.4 Å². The third-order valence-corrected chi connectivity index (χ3v) is 3.54. The van der Waals surface area contributed by atoms with Crippen LogP contribution in [0.4, 0.5) is 0 Å². The molecule has 2 bridgehead atoms. The van der Waals surface area contributed by atoms with Crippen LogP contribution in [0.25, 0.3) is 0 Å². The minimum Gasteiger partial charge on any atom is -0.772 e. The SMILES string of the molecule is O=S([O-])C12CC(C1)C2.[K+]. The molecule has 3 saturated carbocycles. The van der Waals surface area contributed by atoms with Crippen LogP contribution in [0.15, 0.2) is 0 Å². The molecule has 0 saturated heterocycles. The maximum absolute atomic E-state index is 10.3. The Morgan fingerprint density at radius 2 is 1.89 bits per heavy atom. The molecule has 3 aliphatic rings. The average molecular weight is 170 g/mol. The van der Waals surface area contributed by atoms with Crippen LogP contribution in [-0.4, -0.2) is 13.5 Å². The van der Waals surface area contributed by atoms with E-state index in [2.05, 4.69) is 0 Å². The fourth-order valence-corrected chi connectivity index (χ4v) is 2.72. The Hall–Kier alpha value is 1.75. The van der Waals surface area contributed by atoms with Crippen molar-refractivity contribution in [2.75, 3.05) is 0 Å². The zero-order valence-electron chi connectivity index (χ0n) is 5.42. The molecule has 0 aromatic carbocycles. The molecular formula is C5H7KO2S. The standard InChI is InChI=1S/C5H8O2S.K/c6-8(7)5-1-4(2-5)3-5;/h4H,1-3H2,(H,6,7);/q;+1/p-1. The summed E-state index contributed by atoms with van der Waals surface area (Å²) in [7, 11) is 0. The molecule has 0 aliphatic heterocycles. The first-order chi connectivity index (χ1) is 3.73. The summed E-state index contributed by atoms with van der Waals surface area (Å²) in [5, 5.41) is 0. The third-order valence-electron chi connectivity index (χ3n) is 2.34. The fraction of sp³-hybridized carbons (Fsp3) is 1.00. The molecule has 1 atom stereocenters. The molecule has 2 nitrogen and oxygen atoms in total. The van der Waals surface area contributed by atoms with Gasteiger partial charge in [-0.05, 0) is 36.3 Å². The third kappa shape index (κ3) is 1.13. The van der Waals surface area contributed by atoms with Crippen molar-refractivity contribution in [3.8, 4) is 0 Å². The van der Waals surface area contributed by atoms with Crippen molar-refractivity contribution in [1.29, 1.82) is 0 Å². The minimum absolute atomic E-state index is 0. The first-order valence-electron chi connectivity index (χ1n) is 2.82. The second-order valence-corrected chi connectivity index (χ2v) is 4.23. The van der Waals surface area contributed by atoms with Crippen molar-refractivity contribution in [3.05, 3.63) is 0 Å². The Balaban J connectivity index is 0.000000405. The second kappa shape index (κ2) is 2.66. The average Bonchev–Trinajstić information content (AvgIpc) is 1.16. The Kier molecular flexibility index (Phi) is 2.61. The maximum Gasteiger partial charge on any atom is 1.00 e. The summed E-state index contributed by atoms with van der Waals surface area (Å²) in [5.41, 5.74) is 0. The Morgan fingerprint density at radius 1 is 1.44 bits per heavy atom. The van der Waals surface area contributed by atoms with E-state index in [9.17, 15) is 8.76 Å². The van der Waals surface area contributed by atoms with Crippen molar-refractivity contribution >= 4 is 11.1 Å². The van der Waals surface area contributed by atoms with Crippen LogP contribution in [0, 0.1) is 5.92 Å². The molecule has 0 radical (unpaired) electrons. The van der Waals surface area contributed by atoms with E-state index in [-0.39, 0.29) is 56.1 Å². The molecule has 0 N–H and O–H groups in total. The van der Waals surface area contributed by atoms with Gasteiger partial charge in [-0.1, -0.05) is 0 Å². The van der Waals surface area contributed by atoms with Gasteiger partial charge in [-0.2, -0.15) is 0 Å². The molecule has 0 spiro atoms. The van der Waals surface area contributed by atoms with Crippen LogP contribution < -0.4 is 51.4 Å². The van der Waals surface area contributed by atoms with Gasteiger partial charge in [0.25, 0.3) is 0 Å². The van der Waals surface area contributed by atoms with E-state index in [4.69, 9.17) is 0 Å². The van der Waals surface area contributed by atoms with Gasteiger partial charge in [-0.3, -0.25) is 4.21 Å². The zero-order valence-corrected chi connectivity index (χ0v) is 9.36. The predicted molar refractivity (Wildman–Crippen MR) is 29.0 cm³/mol. The van der Waals surface area contributed by atoms with Gasteiger partial charge < -0.3 is 4.55 Å². The molecule has 0 amide bonds. The van der Waals surface area contributed by atoms with Gasteiger partial charge in [0.15, 0.2) is 0 Å². The van der Waals surface area contributed by atoms with Gasteiger partial charge in [-0.15, -0.1) is 0 Å². The summed E-state index contributed by atoms with van der Waals surface area (Å²) in [6.07, 6.45) is 2.84. The smallest absolute Gasteiger partial charge is 0.772 e. The number of rotatable bonds is 1. The molecule has 3 rings (SSSR count). The van der Waals surface area contributed by atoms with Crippen LogP contribution in [0.5, 0.6) is 0 Å². The second-order valence-electron chi connectivity index (χ2n) is 2.90. The largest absolute Gasteiger partial charge is 1.00 e. The van der Waals surface area contributed by atoms with Crippen LogP contribution >= 0.6 is 0 Å². The van der Waals surface area contributed by atoms with Crippen LogP contribution in [0.1, 0.15) is 19.3 Å². The van der Waals surface area contributed by atoms with Crippen molar-refractivity contribution in [1.82, 2.24) is 0 Å². The van der Waals surface area contributed by atoms with Crippen molar-refractivity contribution in [3.63, 3.8) is 0 Å². The van der Waals surface area contributed by atoms with E-state index in [0.717, 1.165) is 25.2 Å². The Labute approximate surface area is 99.5 Å². The van der Waals surface area contributed by atoms with Gasteiger partial charge in [0.05, 0.1) is 0 Å². The number of hydrogen-bond donors (Lipinski definition) is 0. The monoisotopic (exact) mass is 170 g/mol. The molecule has 9 heavy (non-hydrogen) atoms. The maximum atomic E-state index is 10.3. The summed E-state index contributed by atoms with van der Waals surface area (Å²) in [4.78, 5) is 0. The molecule has 0 aromatic rings. The zero-order chi connectivity index (χ0) is 5.78. The van der Waals surface area contributed by atoms with E-state index in [1.807, 2.05) is 0 Å². The van der Waals surface area contributed by atoms with Crippen molar-refractivity contribution < 1.29 is 60.1 Å². The normalized spacial score (nSPS) is 47.9. The molecule has 0 heterocycles. The van der Waals surface area contributed by atoms with Gasteiger partial charge in [0.1, 0.15) is 0 Å². The minimum atomic E-state index is -1.77. The van der Waals surface area contributed by atoms with Crippen LogP contribution in [0.2, 0.25) is 0 Å². The van der Waals surface area contributed by atoms with E-state index in [1.54, 1.807) is 0 Å². The molecule has 4 heteroatoms. The molecule has 1 unspecified atom stereocenters. The molecule has 0 aromatic heterocycles. The molecular weight excluding hydrogens is 163 g/mol. The van der Waals surface area contributed by atoms with E-state index < -0.39 is 11.1 Å². The van der Waals surface area contributed by atoms with Crippen LogP contribution in [0.3, 0.4) is 0 Å². The van der Waals surface area contributed by atoms with E-state index in [0.29, 0.717) is 0 Å². The summed E-state index contributed by atoms with van der Waals surface area (Å²) in [5.74, 6) is 0.771. The summed E-state index contributed by atoms with van der Waals surface area (Å²) >= 11 is -1.77. The van der Waals surface area contributed by atoms with Gasteiger partial charge in [0, 0.05) is 4.75 Å². The Morgan fingerprint density at radius 3 is 1.89 bits per heavy atom. The van der Waals surface area contributed by atoms with Crippen LogP contribution in [-0.2, 0) is 11.1 Å². The molecule has 3 fully saturated rings. The summed E-state index contributed by atoms with van der Waals surface area (Å²) in [6, 6.07) is 0. The first-order valence-corrected chi connectivity index (χ1v) is 3.90. The summed E-state index contributed by atoms with van der Waals surface area (Å²) in [6.45, 7) is 0. The van der Waals surface area contributed by atoms with E-state index >= 15 is 0 Å². The van der Waals surface area contributed by atoms with Gasteiger partial charge in [0.2, 0.25) is 0 Å². The topological polar surface area (TPSA) is 40.1 Å². The van der Waals surface area contributed by atoms with E-state index in [1.165, 1.54) is 0 Å². The molecule has 46 valence electrons. The van der Waals surface area contributed by atoms with Crippen molar-refractivity contribution in [2.45, 2.75) is 24.0 Å². The molecule has 3 aliphatic carbocycles. The quantitative estimate of drug-likeness (QED) is 0.320. The van der Waals surface area contributed by atoms with Crippen molar-refractivity contribution in [2.24, 2.45) is 5.92 Å².